The van der Waals surface area contributed by atoms with Gasteiger partial charge in [-0.2, -0.15) is 0 Å². The van der Waals surface area contributed by atoms with Crippen LogP contribution in [0.25, 0.3) is 0 Å². The van der Waals surface area contributed by atoms with Gasteiger partial charge in [-0.3, -0.25) is 4.79 Å². The average molecular weight is 282 g/mol. The van der Waals surface area contributed by atoms with E-state index >= 15 is 0 Å². The number of aryl methyl sites for hydroxylation is 2. The molecule has 2 aromatic carbocycles. The monoisotopic (exact) mass is 282 g/mol. The molecule has 0 aliphatic carbocycles. The van der Waals surface area contributed by atoms with Crippen LogP contribution in [0.4, 0.5) is 11.4 Å². The smallest absolute Gasteiger partial charge is 0.251 e. The molecule has 2 N–H and O–H groups in total. The lowest BCUT2D eigenvalue weighted by atomic mass is 10.0. The largest absolute Gasteiger partial charge is 0.495 e. The summed E-state index contributed by atoms with van der Waals surface area (Å²) in [5, 5.41) is 6.20. The fourth-order valence-electron chi connectivity index (χ4n) is 2.61. The molecule has 2 aromatic rings. The lowest BCUT2D eigenvalue weighted by molar-refractivity contribution is -0.116. The third-order valence-corrected chi connectivity index (χ3v) is 3.69. The second kappa shape index (κ2) is 5.13. The van der Waals surface area contributed by atoms with Gasteiger partial charge in [0.1, 0.15) is 11.8 Å². The molecule has 1 atom stereocenters. The molecule has 0 saturated heterocycles. The Balaban J connectivity index is 1.98. The molecule has 0 saturated carbocycles. The van der Waals surface area contributed by atoms with Gasteiger partial charge in [-0.05, 0) is 37.6 Å². The standard InChI is InChI=1S/C17H18N2O2/c1-10-4-6-13-12(8-10)16(17(20)19-13)18-14-9-11(2)5-7-15(14)21-3/h4-9,16,18H,1-3H3,(H,19,20). The minimum Gasteiger partial charge on any atom is -0.495 e. The molecule has 1 aliphatic rings. The maximum Gasteiger partial charge on any atom is 0.251 e. The van der Waals surface area contributed by atoms with Crippen LogP contribution in [0.5, 0.6) is 5.75 Å². The van der Waals surface area contributed by atoms with Gasteiger partial charge in [-0.25, -0.2) is 0 Å². The van der Waals surface area contributed by atoms with Crippen molar-refractivity contribution in [2.24, 2.45) is 0 Å². The molecule has 3 rings (SSSR count). The maximum atomic E-state index is 12.2. The van der Waals surface area contributed by atoms with Crippen LogP contribution in [-0.2, 0) is 4.79 Å². The van der Waals surface area contributed by atoms with E-state index in [1.165, 1.54) is 0 Å². The zero-order valence-corrected chi connectivity index (χ0v) is 12.4. The molecular formula is C17H18N2O2. The van der Waals surface area contributed by atoms with Crippen LogP contribution in [0.15, 0.2) is 36.4 Å². The summed E-state index contributed by atoms with van der Waals surface area (Å²) >= 11 is 0. The highest BCUT2D eigenvalue weighted by atomic mass is 16.5. The summed E-state index contributed by atoms with van der Waals surface area (Å²) in [5.41, 5.74) is 4.92. The van der Waals surface area contributed by atoms with Gasteiger partial charge in [0.05, 0.1) is 12.8 Å². The second-order valence-corrected chi connectivity index (χ2v) is 5.36. The third-order valence-electron chi connectivity index (χ3n) is 3.69. The van der Waals surface area contributed by atoms with Gasteiger partial charge in [0.15, 0.2) is 0 Å². The quantitative estimate of drug-likeness (QED) is 0.907. The van der Waals surface area contributed by atoms with Crippen molar-refractivity contribution in [3.05, 3.63) is 53.1 Å². The molecular weight excluding hydrogens is 264 g/mol. The Kier molecular flexibility index (Phi) is 3.29. The van der Waals surface area contributed by atoms with E-state index in [1.54, 1.807) is 7.11 Å². The predicted octanol–water partition coefficient (Wildman–Crippen LogP) is 3.42. The molecule has 4 heteroatoms. The topological polar surface area (TPSA) is 50.4 Å². The Bertz CT molecular complexity index is 710. The first-order valence-corrected chi connectivity index (χ1v) is 6.91. The molecule has 1 unspecified atom stereocenters. The van der Waals surface area contributed by atoms with Crippen molar-refractivity contribution in [2.75, 3.05) is 17.7 Å². The fourth-order valence-corrected chi connectivity index (χ4v) is 2.61. The average Bonchev–Trinajstić information content (AvgIpc) is 2.75. The highest BCUT2D eigenvalue weighted by molar-refractivity contribution is 6.04. The first-order valence-electron chi connectivity index (χ1n) is 6.91. The van der Waals surface area contributed by atoms with Crippen molar-refractivity contribution in [2.45, 2.75) is 19.9 Å². The summed E-state index contributed by atoms with van der Waals surface area (Å²) < 4.78 is 5.36. The SMILES string of the molecule is COc1ccc(C)cc1NC1C(=O)Nc2ccc(C)cc21. The van der Waals surface area contributed by atoms with E-state index in [1.807, 2.05) is 50.2 Å². The Morgan fingerprint density at radius 2 is 1.81 bits per heavy atom. The van der Waals surface area contributed by atoms with E-state index in [9.17, 15) is 4.79 Å². The van der Waals surface area contributed by atoms with E-state index in [4.69, 9.17) is 4.74 Å². The number of carbonyl (C=O) groups excluding carboxylic acids is 1. The Hall–Kier alpha value is -2.49. The summed E-state index contributed by atoms with van der Waals surface area (Å²) in [6.45, 7) is 4.03. The zero-order valence-electron chi connectivity index (χ0n) is 12.4. The number of hydrogen-bond acceptors (Lipinski definition) is 3. The van der Waals surface area contributed by atoms with Crippen LogP contribution in [0.2, 0.25) is 0 Å². The van der Waals surface area contributed by atoms with Crippen molar-refractivity contribution in [1.82, 2.24) is 0 Å². The van der Waals surface area contributed by atoms with E-state index in [2.05, 4.69) is 10.6 Å². The molecule has 0 radical (unpaired) electrons. The van der Waals surface area contributed by atoms with Gasteiger partial charge in [-0.1, -0.05) is 23.8 Å². The van der Waals surface area contributed by atoms with Crippen molar-refractivity contribution in [3.63, 3.8) is 0 Å². The molecule has 0 fully saturated rings. The number of amides is 1. The predicted molar refractivity (Wildman–Crippen MR) is 83.9 cm³/mol. The van der Waals surface area contributed by atoms with Crippen LogP contribution >= 0.6 is 0 Å². The highest BCUT2D eigenvalue weighted by Gasteiger charge is 2.31. The first-order chi connectivity index (χ1) is 10.1. The number of hydrogen-bond donors (Lipinski definition) is 2. The molecule has 1 amide bonds. The molecule has 1 aliphatic heterocycles. The Morgan fingerprint density at radius 1 is 1.10 bits per heavy atom. The summed E-state index contributed by atoms with van der Waals surface area (Å²) in [6.07, 6.45) is 0. The molecule has 108 valence electrons. The van der Waals surface area contributed by atoms with Crippen molar-refractivity contribution in [1.29, 1.82) is 0 Å². The van der Waals surface area contributed by atoms with Crippen LogP contribution < -0.4 is 15.4 Å². The van der Waals surface area contributed by atoms with Crippen molar-refractivity contribution >= 4 is 17.3 Å². The zero-order chi connectivity index (χ0) is 15.0. The summed E-state index contributed by atoms with van der Waals surface area (Å²) in [7, 11) is 1.63. The number of nitrogens with one attached hydrogen (secondary N) is 2. The second-order valence-electron chi connectivity index (χ2n) is 5.36. The van der Waals surface area contributed by atoms with E-state index in [0.29, 0.717) is 0 Å². The van der Waals surface area contributed by atoms with Gasteiger partial charge in [0.2, 0.25) is 0 Å². The van der Waals surface area contributed by atoms with Crippen LogP contribution in [0.1, 0.15) is 22.7 Å². The number of ether oxygens (including phenoxy) is 1. The van der Waals surface area contributed by atoms with Gasteiger partial charge < -0.3 is 15.4 Å². The van der Waals surface area contributed by atoms with E-state index in [-0.39, 0.29) is 5.91 Å². The van der Waals surface area contributed by atoms with Crippen LogP contribution in [-0.4, -0.2) is 13.0 Å². The van der Waals surface area contributed by atoms with Crippen LogP contribution in [0.3, 0.4) is 0 Å². The normalized spacial score (nSPS) is 16.3. The minimum atomic E-state index is -0.393. The number of rotatable bonds is 3. The number of carbonyl (C=O) groups is 1. The molecule has 0 aromatic heterocycles. The fraction of sp³-hybridized carbons (Fsp3) is 0.235. The first kappa shape index (κ1) is 13.5. The molecule has 0 spiro atoms. The van der Waals surface area contributed by atoms with Crippen LogP contribution in [0, 0.1) is 13.8 Å². The highest BCUT2D eigenvalue weighted by Crippen LogP contribution is 2.36. The number of fused-ring (bicyclic) bond motifs is 1. The minimum absolute atomic E-state index is 0.0424. The maximum absolute atomic E-state index is 12.2. The lowest BCUT2D eigenvalue weighted by Crippen LogP contribution is -2.20. The van der Waals surface area contributed by atoms with Crippen molar-refractivity contribution in [3.8, 4) is 5.75 Å². The molecule has 21 heavy (non-hydrogen) atoms. The summed E-state index contributed by atoms with van der Waals surface area (Å²) in [4.78, 5) is 12.2. The Labute approximate surface area is 124 Å². The van der Waals surface area contributed by atoms with E-state index < -0.39 is 6.04 Å². The number of benzene rings is 2. The lowest BCUT2D eigenvalue weighted by Gasteiger charge is -2.16. The van der Waals surface area contributed by atoms with E-state index in [0.717, 1.165) is 33.8 Å². The van der Waals surface area contributed by atoms with Gasteiger partial charge in [0.25, 0.3) is 5.91 Å². The number of anilines is 2. The van der Waals surface area contributed by atoms with Gasteiger partial charge in [0, 0.05) is 11.3 Å². The number of methoxy groups -OCH3 is 1. The molecule has 0 bridgehead atoms. The van der Waals surface area contributed by atoms with Gasteiger partial charge >= 0.3 is 0 Å². The Morgan fingerprint density at radius 3 is 2.57 bits per heavy atom. The summed E-state index contributed by atoms with van der Waals surface area (Å²) in [5.74, 6) is 0.689. The van der Waals surface area contributed by atoms with Crippen molar-refractivity contribution < 1.29 is 9.53 Å². The van der Waals surface area contributed by atoms with Gasteiger partial charge in [-0.15, -0.1) is 0 Å². The molecule has 4 nitrogen and oxygen atoms in total. The molecule has 1 heterocycles. The summed E-state index contributed by atoms with van der Waals surface area (Å²) in [6, 6.07) is 11.5. The third kappa shape index (κ3) is 2.44.